The molecule has 0 aliphatic heterocycles. The first-order chi connectivity index (χ1) is 12.1. The Morgan fingerprint density at radius 2 is 2.20 bits per heavy atom. The molecule has 1 saturated carbocycles. The van der Waals surface area contributed by atoms with Crippen molar-refractivity contribution in [3.63, 3.8) is 0 Å². The first-order valence-corrected chi connectivity index (χ1v) is 7.79. The Morgan fingerprint density at radius 3 is 2.96 bits per heavy atom. The van der Waals surface area contributed by atoms with Crippen LogP contribution in [0.25, 0.3) is 11.6 Å². The van der Waals surface area contributed by atoms with Crippen LogP contribution in [0.3, 0.4) is 0 Å². The topological polar surface area (TPSA) is 83.8 Å². The van der Waals surface area contributed by atoms with E-state index < -0.39 is 11.6 Å². The van der Waals surface area contributed by atoms with Gasteiger partial charge in [0.1, 0.15) is 5.82 Å². The SMILES string of the molecule is O=C(NCc1nc(-c2ccco2)n[nH]1)C1CC1c1ccc(F)c(F)c1. The Balaban J connectivity index is 1.33. The first-order valence-electron chi connectivity index (χ1n) is 7.79. The lowest BCUT2D eigenvalue weighted by Crippen LogP contribution is -2.25. The van der Waals surface area contributed by atoms with Gasteiger partial charge < -0.3 is 9.73 Å². The van der Waals surface area contributed by atoms with Gasteiger partial charge in [0.05, 0.1) is 12.8 Å². The van der Waals surface area contributed by atoms with Gasteiger partial charge in [0.2, 0.25) is 11.7 Å². The number of H-pyrrole nitrogens is 1. The fraction of sp³-hybridized carbons (Fsp3) is 0.235. The largest absolute Gasteiger partial charge is 0.461 e. The number of carbonyl (C=O) groups is 1. The normalized spacial score (nSPS) is 19.0. The maximum absolute atomic E-state index is 13.3. The van der Waals surface area contributed by atoms with Crippen LogP contribution in [0.2, 0.25) is 0 Å². The summed E-state index contributed by atoms with van der Waals surface area (Å²) < 4.78 is 31.5. The van der Waals surface area contributed by atoms with Crippen molar-refractivity contribution in [3.05, 3.63) is 59.6 Å². The number of aromatic nitrogens is 3. The second-order valence-corrected chi connectivity index (χ2v) is 5.92. The Kier molecular flexibility index (Phi) is 3.79. The van der Waals surface area contributed by atoms with Crippen molar-refractivity contribution in [3.8, 4) is 11.6 Å². The van der Waals surface area contributed by atoms with Crippen LogP contribution in [0, 0.1) is 17.6 Å². The summed E-state index contributed by atoms with van der Waals surface area (Å²) in [5.41, 5.74) is 0.638. The molecule has 128 valence electrons. The Bertz CT molecular complexity index is 907. The quantitative estimate of drug-likeness (QED) is 0.745. The molecule has 1 aromatic carbocycles. The van der Waals surface area contributed by atoms with Gasteiger partial charge in [-0.1, -0.05) is 6.07 Å². The zero-order chi connectivity index (χ0) is 17.4. The van der Waals surface area contributed by atoms with Crippen molar-refractivity contribution < 1.29 is 18.0 Å². The molecule has 1 aliphatic carbocycles. The molecule has 4 rings (SSSR count). The molecule has 25 heavy (non-hydrogen) atoms. The third kappa shape index (κ3) is 3.15. The van der Waals surface area contributed by atoms with E-state index >= 15 is 0 Å². The third-order valence-corrected chi connectivity index (χ3v) is 4.20. The molecule has 3 aromatic rings. The lowest BCUT2D eigenvalue weighted by atomic mass is 10.1. The molecule has 1 amide bonds. The number of aromatic amines is 1. The van der Waals surface area contributed by atoms with Crippen LogP contribution >= 0.6 is 0 Å². The Hall–Kier alpha value is -3.03. The summed E-state index contributed by atoms with van der Waals surface area (Å²) in [6.07, 6.45) is 2.14. The highest BCUT2D eigenvalue weighted by atomic mass is 19.2. The van der Waals surface area contributed by atoms with Gasteiger partial charge in [-0.05, 0) is 42.2 Å². The number of hydrogen-bond donors (Lipinski definition) is 2. The number of furan rings is 1. The van der Waals surface area contributed by atoms with E-state index in [2.05, 4.69) is 20.5 Å². The monoisotopic (exact) mass is 344 g/mol. The standard InChI is InChI=1S/C17H14F2N4O2/c18-12-4-3-9(6-13(12)19)10-7-11(10)17(24)20-8-15-21-16(23-22-15)14-2-1-5-25-14/h1-6,10-11H,7-8H2,(H,20,24)(H,21,22,23). The van der Waals surface area contributed by atoms with Crippen LogP contribution in [0.15, 0.2) is 41.0 Å². The predicted molar refractivity (Wildman–Crippen MR) is 83.1 cm³/mol. The van der Waals surface area contributed by atoms with Crippen molar-refractivity contribution in [1.29, 1.82) is 0 Å². The number of rotatable bonds is 5. The van der Waals surface area contributed by atoms with Gasteiger partial charge in [0.15, 0.2) is 17.4 Å². The molecule has 6 nitrogen and oxygen atoms in total. The number of hydrogen-bond acceptors (Lipinski definition) is 4. The first kappa shape index (κ1) is 15.5. The number of benzene rings is 1. The highest BCUT2D eigenvalue weighted by Gasteiger charge is 2.44. The molecular weight excluding hydrogens is 330 g/mol. The van der Waals surface area contributed by atoms with Crippen molar-refractivity contribution >= 4 is 5.91 Å². The van der Waals surface area contributed by atoms with E-state index in [0.717, 1.165) is 12.1 Å². The van der Waals surface area contributed by atoms with Crippen LogP contribution in [0.1, 0.15) is 23.7 Å². The van der Waals surface area contributed by atoms with Crippen LogP contribution in [-0.2, 0) is 11.3 Å². The minimum Gasteiger partial charge on any atom is -0.461 e. The maximum Gasteiger partial charge on any atom is 0.224 e. The second-order valence-electron chi connectivity index (χ2n) is 5.92. The average Bonchev–Trinajstić information content (AvgIpc) is 3.00. The predicted octanol–water partition coefficient (Wildman–Crippen LogP) is 2.76. The Morgan fingerprint density at radius 1 is 1.32 bits per heavy atom. The van der Waals surface area contributed by atoms with E-state index in [-0.39, 0.29) is 24.3 Å². The van der Waals surface area contributed by atoms with Crippen LogP contribution in [-0.4, -0.2) is 21.1 Å². The molecule has 2 heterocycles. The maximum atomic E-state index is 13.3. The summed E-state index contributed by atoms with van der Waals surface area (Å²) in [4.78, 5) is 16.4. The van der Waals surface area contributed by atoms with E-state index in [1.54, 1.807) is 12.1 Å². The van der Waals surface area contributed by atoms with Crippen LogP contribution < -0.4 is 5.32 Å². The van der Waals surface area contributed by atoms with Crippen molar-refractivity contribution in [1.82, 2.24) is 20.5 Å². The van der Waals surface area contributed by atoms with E-state index in [9.17, 15) is 13.6 Å². The number of carbonyl (C=O) groups excluding carboxylic acids is 1. The van der Waals surface area contributed by atoms with E-state index in [1.165, 1.54) is 12.3 Å². The van der Waals surface area contributed by atoms with Crippen LogP contribution in [0.5, 0.6) is 0 Å². The third-order valence-electron chi connectivity index (χ3n) is 4.20. The Labute approximate surface area is 141 Å². The lowest BCUT2D eigenvalue weighted by Gasteiger charge is -2.03. The fourth-order valence-electron chi connectivity index (χ4n) is 2.79. The van der Waals surface area contributed by atoms with Crippen LogP contribution in [0.4, 0.5) is 8.78 Å². The summed E-state index contributed by atoms with van der Waals surface area (Å²) in [6.45, 7) is 0.202. The molecule has 1 aliphatic rings. The molecule has 1 fully saturated rings. The average molecular weight is 344 g/mol. The fourth-order valence-corrected chi connectivity index (χ4v) is 2.79. The zero-order valence-electron chi connectivity index (χ0n) is 13.0. The number of nitrogens with zero attached hydrogens (tertiary/aromatic N) is 2. The molecule has 0 radical (unpaired) electrons. The summed E-state index contributed by atoms with van der Waals surface area (Å²) in [7, 11) is 0. The van der Waals surface area contributed by atoms with Crippen molar-refractivity contribution in [2.24, 2.45) is 5.92 Å². The van der Waals surface area contributed by atoms with Gasteiger partial charge in [-0.2, -0.15) is 0 Å². The number of nitrogens with one attached hydrogen (secondary N) is 2. The van der Waals surface area contributed by atoms with Gasteiger partial charge in [-0.15, -0.1) is 5.10 Å². The molecule has 2 atom stereocenters. The van der Waals surface area contributed by atoms with Gasteiger partial charge in [0, 0.05) is 5.92 Å². The molecule has 8 heteroatoms. The minimum absolute atomic E-state index is 0.0801. The van der Waals surface area contributed by atoms with Gasteiger partial charge in [-0.3, -0.25) is 9.89 Å². The summed E-state index contributed by atoms with van der Waals surface area (Å²) >= 11 is 0. The number of halogens is 2. The van der Waals surface area contributed by atoms with Gasteiger partial charge >= 0.3 is 0 Å². The van der Waals surface area contributed by atoms with Gasteiger partial charge in [0.25, 0.3) is 0 Å². The van der Waals surface area contributed by atoms with E-state index in [4.69, 9.17) is 4.42 Å². The van der Waals surface area contributed by atoms with Crippen molar-refractivity contribution in [2.45, 2.75) is 18.9 Å². The molecule has 2 N–H and O–H groups in total. The molecule has 0 bridgehead atoms. The van der Waals surface area contributed by atoms with Gasteiger partial charge in [-0.25, -0.2) is 13.8 Å². The van der Waals surface area contributed by atoms with E-state index in [0.29, 0.717) is 29.4 Å². The lowest BCUT2D eigenvalue weighted by molar-refractivity contribution is -0.122. The minimum atomic E-state index is -0.893. The second kappa shape index (κ2) is 6.12. The zero-order valence-corrected chi connectivity index (χ0v) is 13.0. The molecule has 2 unspecified atom stereocenters. The highest BCUT2D eigenvalue weighted by Crippen LogP contribution is 2.47. The molecular formula is C17H14F2N4O2. The van der Waals surface area contributed by atoms with Crippen molar-refractivity contribution in [2.75, 3.05) is 0 Å². The molecule has 0 saturated heterocycles. The smallest absolute Gasteiger partial charge is 0.224 e. The molecule has 0 spiro atoms. The molecule has 2 aromatic heterocycles. The summed E-state index contributed by atoms with van der Waals surface area (Å²) in [5, 5.41) is 9.53. The highest BCUT2D eigenvalue weighted by molar-refractivity contribution is 5.82. The summed E-state index contributed by atoms with van der Waals surface area (Å²) in [5.74, 6) is -0.787. The summed E-state index contributed by atoms with van der Waals surface area (Å²) in [6, 6.07) is 7.23. The number of amides is 1. The van der Waals surface area contributed by atoms with E-state index in [1.807, 2.05) is 0 Å².